The molecule has 0 fully saturated rings. The van der Waals surface area contributed by atoms with Crippen LogP contribution in [0, 0.1) is 12.8 Å². The van der Waals surface area contributed by atoms with Crippen molar-refractivity contribution in [2.75, 3.05) is 6.54 Å². The van der Waals surface area contributed by atoms with Crippen LogP contribution in [0.15, 0.2) is 82.5 Å². The molecule has 0 saturated carbocycles. The maximum atomic E-state index is 13.9. The fraction of sp³-hybridized carbons (Fsp3) is 0.286. The number of benzene rings is 3. The molecule has 6 nitrogen and oxygen atoms in total. The first-order chi connectivity index (χ1) is 17.1. The lowest BCUT2D eigenvalue weighted by Crippen LogP contribution is -2.38. The van der Waals surface area contributed by atoms with Gasteiger partial charge in [0.1, 0.15) is 5.82 Å². The van der Waals surface area contributed by atoms with Gasteiger partial charge in [-0.25, -0.2) is 13.4 Å². The Balaban J connectivity index is 1.94. The van der Waals surface area contributed by atoms with Crippen molar-refractivity contribution in [2.45, 2.75) is 45.1 Å². The van der Waals surface area contributed by atoms with Crippen LogP contribution in [0.25, 0.3) is 16.6 Å². The van der Waals surface area contributed by atoms with Crippen LogP contribution >= 0.6 is 11.6 Å². The Bertz CT molecular complexity index is 1530. The Kier molecular flexibility index (Phi) is 7.64. The number of rotatable bonds is 8. The predicted octanol–water partition coefficient (Wildman–Crippen LogP) is 6.15. The molecule has 36 heavy (non-hydrogen) atoms. The highest BCUT2D eigenvalue weighted by molar-refractivity contribution is 7.89. The Morgan fingerprint density at radius 1 is 0.944 bits per heavy atom. The van der Waals surface area contributed by atoms with Gasteiger partial charge in [-0.2, -0.15) is 4.31 Å². The van der Waals surface area contributed by atoms with E-state index in [4.69, 9.17) is 16.6 Å². The minimum Gasteiger partial charge on any atom is -0.268 e. The van der Waals surface area contributed by atoms with Crippen molar-refractivity contribution in [1.29, 1.82) is 0 Å². The van der Waals surface area contributed by atoms with Gasteiger partial charge in [-0.15, -0.1) is 0 Å². The van der Waals surface area contributed by atoms with E-state index in [2.05, 4.69) is 0 Å². The minimum atomic E-state index is -3.91. The highest BCUT2D eigenvalue weighted by atomic mass is 35.5. The van der Waals surface area contributed by atoms with Gasteiger partial charge in [0, 0.05) is 11.6 Å². The molecule has 0 aliphatic rings. The molecule has 0 spiro atoms. The average Bonchev–Trinajstić information content (AvgIpc) is 2.84. The van der Waals surface area contributed by atoms with Crippen molar-refractivity contribution in [1.82, 2.24) is 13.9 Å². The molecule has 0 aliphatic heterocycles. The molecule has 0 saturated heterocycles. The molecular weight excluding hydrogens is 494 g/mol. The first-order valence-electron chi connectivity index (χ1n) is 12.0. The van der Waals surface area contributed by atoms with Gasteiger partial charge in [0.25, 0.3) is 5.56 Å². The summed E-state index contributed by atoms with van der Waals surface area (Å²) in [7, 11) is -3.91. The lowest BCUT2D eigenvalue weighted by molar-refractivity contribution is 0.308. The number of fused-ring (bicyclic) bond motifs is 1. The molecule has 4 aromatic rings. The number of sulfonamides is 1. The molecule has 0 amide bonds. The Hall–Kier alpha value is -3.00. The molecule has 1 unspecified atom stereocenters. The molecule has 0 radical (unpaired) electrons. The summed E-state index contributed by atoms with van der Waals surface area (Å²) in [6.07, 6.45) is 0.652. The first kappa shape index (κ1) is 26.1. The van der Waals surface area contributed by atoms with Gasteiger partial charge in [0.2, 0.25) is 10.0 Å². The normalized spacial score (nSPS) is 13.0. The molecule has 1 heterocycles. The van der Waals surface area contributed by atoms with E-state index in [9.17, 15) is 13.2 Å². The summed E-state index contributed by atoms with van der Waals surface area (Å²) in [5.41, 5.74) is 1.98. The summed E-state index contributed by atoms with van der Waals surface area (Å²) in [5.74, 6) is 0.646. The first-order valence-corrected chi connectivity index (χ1v) is 13.8. The smallest absolute Gasteiger partial charge is 0.266 e. The van der Waals surface area contributed by atoms with Crippen molar-refractivity contribution in [3.05, 3.63) is 99.6 Å². The van der Waals surface area contributed by atoms with Crippen LogP contribution in [0.2, 0.25) is 5.02 Å². The van der Waals surface area contributed by atoms with E-state index in [-0.39, 0.29) is 22.9 Å². The van der Waals surface area contributed by atoms with Gasteiger partial charge in [-0.1, -0.05) is 55.3 Å². The topological polar surface area (TPSA) is 72.3 Å². The lowest BCUT2D eigenvalue weighted by atomic mass is 10.1. The van der Waals surface area contributed by atoms with Gasteiger partial charge < -0.3 is 0 Å². The number of halogens is 1. The van der Waals surface area contributed by atoms with Crippen LogP contribution in [0.3, 0.4) is 0 Å². The standard InChI is InChI=1S/C28H30ClN3O3S/c1-19(2)17-18-31(36(34,35)24-15-11-22(29)12-16-24)21(4)27-30-26-8-6-5-7-25(26)28(33)32(27)23-13-9-20(3)10-14-23/h5-16,19,21H,17-18H2,1-4H3. The van der Waals surface area contributed by atoms with Crippen LogP contribution in [-0.4, -0.2) is 28.8 Å². The Morgan fingerprint density at radius 3 is 2.22 bits per heavy atom. The SMILES string of the molecule is Cc1ccc(-n2c(C(C)N(CCC(C)C)S(=O)(=O)c3ccc(Cl)cc3)nc3ccccc3c2=O)cc1. The highest BCUT2D eigenvalue weighted by Crippen LogP contribution is 2.30. The largest absolute Gasteiger partial charge is 0.268 e. The van der Waals surface area contributed by atoms with Gasteiger partial charge in [0.15, 0.2) is 0 Å². The van der Waals surface area contributed by atoms with E-state index in [1.165, 1.54) is 21.0 Å². The number of hydrogen-bond acceptors (Lipinski definition) is 4. The fourth-order valence-electron chi connectivity index (χ4n) is 4.15. The minimum absolute atomic E-state index is 0.146. The predicted molar refractivity (Wildman–Crippen MR) is 145 cm³/mol. The van der Waals surface area contributed by atoms with Gasteiger partial charge in [0.05, 0.1) is 27.5 Å². The van der Waals surface area contributed by atoms with Crippen molar-refractivity contribution in [2.24, 2.45) is 5.92 Å². The quantitative estimate of drug-likeness (QED) is 0.278. The molecular formula is C28H30ClN3O3S. The third-order valence-electron chi connectivity index (χ3n) is 6.25. The summed E-state index contributed by atoms with van der Waals surface area (Å²) < 4.78 is 30.7. The van der Waals surface area contributed by atoms with E-state index < -0.39 is 16.1 Å². The van der Waals surface area contributed by atoms with Crippen molar-refractivity contribution in [3.8, 4) is 5.69 Å². The van der Waals surface area contributed by atoms with Crippen LogP contribution in [-0.2, 0) is 10.0 Å². The maximum Gasteiger partial charge on any atom is 0.266 e. The zero-order valence-corrected chi connectivity index (χ0v) is 22.4. The maximum absolute atomic E-state index is 13.9. The van der Waals surface area contributed by atoms with E-state index in [1.54, 1.807) is 37.3 Å². The molecule has 4 rings (SSSR count). The zero-order valence-electron chi connectivity index (χ0n) is 20.8. The Morgan fingerprint density at radius 2 is 1.58 bits per heavy atom. The summed E-state index contributed by atoms with van der Waals surface area (Å²) in [6.45, 7) is 8.14. The van der Waals surface area contributed by atoms with Crippen molar-refractivity contribution >= 4 is 32.5 Å². The van der Waals surface area contributed by atoms with Gasteiger partial charge in [-0.3, -0.25) is 9.36 Å². The molecule has 0 aliphatic carbocycles. The van der Waals surface area contributed by atoms with Gasteiger partial charge >= 0.3 is 0 Å². The molecule has 0 N–H and O–H groups in total. The van der Waals surface area contributed by atoms with Crippen molar-refractivity contribution in [3.63, 3.8) is 0 Å². The van der Waals surface area contributed by atoms with Crippen LogP contribution < -0.4 is 5.56 Å². The van der Waals surface area contributed by atoms with E-state index >= 15 is 0 Å². The van der Waals surface area contributed by atoms with Crippen LogP contribution in [0.5, 0.6) is 0 Å². The number of aromatic nitrogens is 2. The summed E-state index contributed by atoms with van der Waals surface area (Å²) in [5, 5.41) is 0.934. The number of hydrogen-bond donors (Lipinski definition) is 0. The number of aryl methyl sites for hydroxylation is 1. The molecule has 3 aromatic carbocycles. The summed E-state index contributed by atoms with van der Waals surface area (Å²) in [4.78, 5) is 18.7. The molecule has 188 valence electrons. The molecule has 8 heteroatoms. The van der Waals surface area contributed by atoms with Crippen LogP contribution in [0.1, 0.15) is 44.6 Å². The fourth-order valence-corrected chi connectivity index (χ4v) is 5.88. The monoisotopic (exact) mass is 523 g/mol. The second-order valence-corrected chi connectivity index (χ2v) is 11.7. The number of nitrogens with zero attached hydrogens (tertiary/aromatic N) is 3. The number of para-hydroxylation sites is 1. The zero-order chi connectivity index (χ0) is 26.0. The molecule has 0 bridgehead atoms. The van der Waals surface area contributed by atoms with Crippen molar-refractivity contribution < 1.29 is 8.42 Å². The third-order valence-corrected chi connectivity index (χ3v) is 8.48. The second kappa shape index (κ2) is 10.5. The summed E-state index contributed by atoms with van der Waals surface area (Å²) in [6, 6.07) is 20.1. The van der Waals surface area contributed by atoms with E-state index in [0.717, 1.165) is 5.56 Å². The van der Waals surface area contributed by atoms with E-state index in [0.29, 0.717) is 33.9 Å². The third kappa shape index (κ3) is 5.24. The Labute approximate surface area is 217 Å². The molecule has 1 aromatic heterocycles. The van der Waals surface area contributed by atoms with E-state index in [1.807, 2.05) is 51.1 Å². The lowest BCUT2D eigenvalue weighted by Gasteiger charge is -2.30. The van der Waals surface area contributed by atoms with Gasteiger partial charge in [-0.05, 0) is 74.7 Å². The molecule has 1 atom stereocenters. The highest BCUT2D eigenvalue weighted by Gasteiger charge is 2.33. The summed E-state index contributed by atoms with van der Waals surface area (Å²) >= 11 is 6.02. The second-order valence-electron chi connectivity index (χ2n) is 9.39. The van der Waals surface area contributed by atoms with Crippen LogP contribution in [0.4, 0.5) is 0 Å². The average molecular weight is 524 g/mol.